The Morgan fingerprint density at radius 1 is 0.938 bits per heavy atom. The number of carbonyl (C=O) groups is 1. The molecule has 0 radical (unpaired) electrons. The normalized spacial score (nSPS) is 11.0. The van der Waals surface area contributed by atoms with Crippen molar-refractivity contribution in [2.24, 2.45) is 0 Å². The zero-order chi connectivity index (χ0) is 23.3. The molecule has 3 rings (SSSR count). The van der Waals surface area contributed by atoms with Gasteiger partial charge in [0.15, 0.2) is 6.61 Å². The third-order valence-corrected chi connectivity index (χ3v) is 6.46. The summed E-state index contributed by atoms with van der Waals surface area (Å²) in [6.07, 6.45) is 0. The fraction of sp³-hybridized carbons (Fsp3) is 0.136. The first-order valence-corrected chi connectivity index (χ1v) is 11.6. The van der Waals surface area contributed by atoms with E-state index in [0.29, 0.717) is 27.9 Å². The summed E-state index contributed by atoms with van der Waals surface area (Å²) in [5, 5.41) is 3.51. The summed E-state index contributed by atoms with van der Waals surface area (Å²) < 4.78 is 38.1. The second-order valence-corrected chi connectivity index (χ2v) is 9.22. The Hall–Kier alpha value is -2.94. The van der Waals surface area contributed by atoms with Gasteiger partial charge in [-0.1, -0.05) is 29.3 Å². The van der Waals surface area contributed by atoms with Crippen molar-refractivity contribution in [2.75, 3.05) is 23.8 Å². The monoisotopic (exact) mass is 494 g/mol. The fourth-order valence-electron chi connectivity index (χ4n) is 2.68. The number of sulfonamides is 1. The summed E-state index contributed by atoms with van der Waals surface area (Å²) >= 11 is 12.1. The molecule has 3 aromatic carbocycles. The molecule has 0 bridgehead atoms. The number of methoxy groups -OCH3 is 1. The minimum atomic E-state index is -3.84. The molecule has 0 saturated heterocycles. The lowest BCUT2D eigenvalue weighted by atomic mass is 10.2. The van der Waals surface area contributed by atoms with Crippen LogP contribution in [-0.2, 0) is 14.8 Å². The third kappa shape index (κ3) is 6.06. The predicted octanol–water partition coefficient (Wildman–Crippen LogP) is 5.13. The molecule has 0 heterocycles. The molecule has 32 heavy (non-hydrogen) atoms. The number of hydrogen-bond acceptors (Lipinski definition) is 5. The predicted molar refractivity (Wildman–Crippen MR) is 126 cm³/mol. The van der Waals surface area contributed by atoms with Gasteiger partial charge in [-0.25, -0.2) is 8.42 Å². The van der Waals surface area contributed by atoms with E-state index in [2.05, 4.69) is 10.0 Å². The van der Waals surface area contributed by atoms with E-state index >= 15 is 0 Å². The Morgan fingerprint density at radius 2 is 1.59 bits per heavy atom. The summed E-state index contributed by atoms with van der Waals surface area (Å²) in [6.45, 7) is 1.61. The van der Waals surface area contributed by atoms with Crippen molar-refractivity contribution in [1.82, 2.24) is 0 Å². The average molecular weight is 495 g/mol. The number of carbonyl (C=O) groups excluding carboxylic acids is 1. The Bertz CT molecular complexity index is 1230. The summed E-state index contributed by atoms with van der Waals surface area (Å²) in [7, 11) is -2.37. The van der Waals surface area contributed by atoms with Crippen LogP contribution in [-0.4, -0.2) is 28.0 Å². The number of amides is 1. The maximum Gasteiger partial charge on any atom is 0.262 e. The van der Waals surface area contributed by atoms with Gasteiger partial charge >= 0.3 is 0 Å². The van der Waals surface area contributed by atoms with Crippen LogP contribution in [0.5, 0.6) is 11.5 Å². The fourth-order valence-corrected chi connectivity index (χ4v) is 4.16. The number of rotatable bonds is 8. The van der Waals surface area contributed by atoms with Gasteiger partial charge in [-0.15, -0.1) is 0 Å². The molecule has 168 valence electrons. The van der Waals surface area contributed by atoms with Crippen molar-refractivity contribution in [1.29, 1.82) is 0 Å². The largest absolute Gasteiger partial charge is 0.495 e. The first-order valence-electron chi connectivity index (χ1n) is 9.33. The van der Waals surface area contributed by atoms with E-state index in [4.69, 9.17) is 32.7 Å². The molecule has 10 heteroatoms. The molecule has 0 atom stereocenters. The van der Waals surface area contributed by atoms with E-state index in [-0.39, 0.29) is 22.4 Å². The Labute approximate surface area is 196 Å². The highest BCUT2D eigenvalue weighted by Crippen LogP contribution is 2.28. The Kier molecular flexibility index (Phi) is 7.50. The number of ether oxygens (including phenoxy) is 2. The second kappa shape index (κ2) is 10.1. The van der Waals surface area contributed by atoms with Crippen LogP contribution in [0.1, 0.15) is 5.56 Å². The molecule has 1 amide bonds. The summed E-state index contributed by atoms with van der Waals surface area (Å²) in [6, 6.07) is 15.4. The molecule has 0 aliphatic heterocycles. The molecule has 7 nitrogen and oxygen atoms in total. The second-order valence-electron chi connectivity index (χ2n) is 6.73. The zero-order valence-electron chi connectivity index (χ0n) is 17.2. The first-order chi connectivity index (χ1) is 15.2. The molecule has 2 N–H and O–H groups in total. The number of hydrogen-bond donors (Lipinski definition) is 2. The Balaban J connectivity index is 1.59. The number of halogens is 2. The van der Waals surface area contributed by atoms with Gasteiger partial charge in [0.2, 0.25) is 0 Å². The molecule has 0 aromatic heterocycles. The number of benzene rings is 3. The van der Waals surface area contributed by atoms with Crippen LogP contribution in [0.2, 0.25) is 10.0 Å². The molecule has 0 fully saturated rings. The minimum Gasteiger partial charge on any atom is -0.495 e. The molecule has 0 aliphatic carbocycles. The van der Waals surface area contributed by atoms with Crippen molar-refractivity contribution in [3.8, 4) is 11.5 Å². The summed E-state index contributed by atoms with van der Waals surface area (Å²) in [5.41, 5.74) is 1.75. The lowest BCUT2D eigenvalue weighted by Gasteiger charge is -2.11. The zero-order valence-corrected chi connectivity index (χ0v) is 19.5. The quantitative estimate of drug-likeness (QED) is 0.452. The SMILES string of the molecule is COc1ccc(NS(=O)(=O)c2ccc(OCC(=O)Nc3ccc(C)c(Cl)c3)cc2)cc1Cl. The number of aryl methyl sites for hydroxylation is 1. The van der Waals surface area contributed by atoms with E-state index in [0.717, 1.165) is 5.56 Å². The highest BCUT2D eigenvalue weighted by molar-refractivity contribution is 7.92. The topological polar surface area (TPSA) is 93.7 Å². The van der Waals surface area contributed by atoms with Gasteiger partial charge in [0.1, 0.15) is 11.5 Å². The van der Waals surface area contributed by atoms with Crippen molar-refractivity contribution in [3.63, 3.8) is 0 Å². The lowest BCUT2D eigenvalue weighted by Crippen LogP contribution is -2.20. The average Bonchev–Trinajstić information content (AvgIpc) is 2.75. The van der Waals surface area contributed by atoms with E-state index in [1.165, 1.54) is 37.4 Å². The first kappa shape index (κ1) is 23.7. The van der Waals surface area contributed by atoms with E-state index in [1.807, 2.05) is 6.92 Å². The highest BCUT2D eigenvalue weighted by Gasteiger charge is 2.15. The molecule has 0 saturated carbocycles. The summed E-state index contributed by atoms with van der Waals surface area (Å²) in [5.74, 6) is 0.402. The van der Waals surface area contributed by atoms with E-state index in [1.54, 1.807) is 30.3 Å². The van der Waals surface area contributed by atoms with E-state index in [9.17, 15) is 13.2 Å². The van der Waals surface area contributed by atoms with Crippen LogP contribution in [0, 0.1) is 6.92 Å². The van der Waals surface area contributed by atoms with Crippen molar-refractivity contribution >= 4 is 50.5 Å². The van der Waals surface area contributed by atoms with Gasteiger partial charge in [-0.3, -0.25) is 9.52 Å². The third-order valence-electron chi connectivity index (χ3n) is 4.36. The van der Waals surface area contributed by atoms with Crippen LogP contribution in [0.25, 0.3) is 0 Å². The maximum absolute atomic E-state index is 12.6. The van der Waals surface area contributed by atoms with Crippen LogP contribution in [0.3, 0.4) is 0 Å². The van der Waals surface area contributed by atoms with Gasteiger partial charge in [-0.05, 0) is 67.1 Å². The Morgan fingerprint density at radius 3 is 2.22 bits per heavy atom. The van der Waals surface area contributed by atoms with Crippen molar-refractivity contribution < 1.29 is 22.7 Å². The number of nitrogens with one attached hydrogen (secondary N) is 2. The van der Waals surface area contributed by atoms with Crippen LogP contribution in [0.4, 0.5) is 11.4 Å². The molecule has 0 aliphatic rings. The minimum absolute atomic E-state index is 0.0236. The maximum atomic E-state index is 12.6. The van der Waals surface area contributed by atoms with Gasteiger partial charge in [0.25, 0.3) is 15.9 Å². The summed E-state index contributed by atoms with van der Waals surface area (Å²) in [4.78, 5) is 12.1. The lowest BCUT2D eigenvalue weighted by molar-refractivity contribution is -0.118. The molecule has 0 unspecified atom stereocenters. The van der Waals surface area contributed by atoms with Crippen molar-refractivity contribution in [3.05, 3.63) is 76.3 Å². The molecular formula is C22H20Cl2N2O5S. The van der Waals surface area contributed by atoms with Crippen LogP contribution < -0.4 is 19.5 Å². The van der Waals surface area contributed by atoms with Crippen LogP contribution >= 0.6 is 23.2 Å². The van der Waals surface area contributed by atoms with Crippen LogP contribution in [0.15, 0.2) is 65.6 Å². The molecule has 0 spiro atoms. The van der Waals surface area contributed by atoms with Gasteiger partial charge in [0.05, 0.1) is 22.7 Å². The van der Waals surface area contributed by atoms with E-state index < -0.39 is 10.0 Å². The van der Waals surface area contributed by atoms with Gasteiger partial charge < -0.3 is 14.8 Å². The smallest absolute Gasteiger partial charge is 0.262 e. The number of anilines is 2. The van der Waals surface area contributed by atoms with Gasteiger partial charge in [-0.2, -0.15) is 0 Å². The molecule has 3 aromatic rings. The standard InChI is InChI=1S/C22H20Cl2N2O5S/c1-14-3-4-15(11-19(14)23)25-22(27)13-31-17-6-8-18(9-7-17)32(28,29)26-16-5-10-21(30-2)20(24)12-16/h3-12,26H,13H2,1-2H3,(H,25,27). The van der Waals surface area contributed by atoms with Gasteiger partial charge in [0, 0.05) is 10.7 Å². The van der Waals surface area contributed by atoms with Crippen molar-refractivity contribution in [2.45, 2.75) is 11.8 Å². The molecular weight excluding hydrogens is 475 g/mol. The highest BCUT2D eigenvalue weighted by atomic mass is 35.5.